The first kappa shape index (κ1) is 27.4. The summed E-state index contributed by atoms with van der Waals surface area (Å²) in [4.78, 5) is 33.4. The predicted molar refractivity (Wildman–Crippen MR) is 117 cm³/mol. The Morgan fingerprint density at radius 2 is 1.68 bits per heavy atom. The van der Waals surface area contributed by atoms with Crippen LogP contribution in [0.2, 0.25) is 0 Å². The second-order valence-electron chi connectivity index (χ2n) is 8.36. The second-order valence-corrected chi connectivity index (χ2v) is 8.36. The van der Waals surface area contributed by atoms with E-state index in [1.54, 1.807) is 0 Å². The Morgan fingerprint density at radius 1 is 1.11 bits per heavy atom. The molecule has 1 aliphatic heterocycles. The molecule has 196 valence electrons. The Balaban J connectivity index is 1.97. The molecular weight excluding hydrogens is 508 g/mol. The third kappa shape index (κ3) is 5.99. The molecule has 0 aliphatic carbocycles. The lowest BCUT2D eigenvalue weighted by Crippen LogP contribution is -2.51. The van der Waals surface area contributed by atoms with Crippen LogP contribution in [0, 0.1) is 12.3 Å². The van der Waals surface area contributed by atoms with Gasteiger partial charge in [0.05, 0.1) is 22.9 Å². The number of hydrazone groups is 1. The normalized spacial score (nSPS) is 16.4. The molecule has 1 aromatic carbocycles. The lowest BCUT2D eigenvalue weighted by molar-refractivity contribution is -0.149. The van der Waals surface area contributed by atoms with Crippen molar-refractivity contribution in [1.82, 2.24) is 20.3 Å². The van der Waals surface area contributed by atoms with Crippen LogP contribution in [0.5, 0.6) is 0 Å². The molecule has 0 saturated carbocycles. The molecular formula is C23H19F6N5O3. The number of nitrogens with one attached hydrogen (secondary N) is 1. The van der Waals surface area contributed by atoms with Gasteiger partial charge in [-0.25, -0.2) is 9.99 Å². The standard InChI is InChI=1S/C23H19F6N5O3/c1-5-8-34-20(36)21(3,4)37-19(33-34)17-16(30-6-7-31-17)12(2)32-18(35)13-9-14(22(24,25)26)11-15(10-13)23(27,28)29/h1,6-7,9-12H,8H2,2-4H3,(H,32,35). The van der Waals surface area contributed by atoms with Gasteiger partial charge in [-0.3, -0.25) is 14.6 Å². The van der Waals surface area contributed by atoms with E-state index in [1.807, 2.05) is 0 Å². The maximum atomic E-state index is 13.2. The van der Waals surface area contributed by atoms with Crippen LogP contribution in [0.15, 0.2) is 35.7 Å². The highest BCUT2D eigenvalue weighted by molar-refractivity contribution is 6.00. The number of ether oxygens (including phenoxy) is 1. The van der Waals surface area contributed by atoms with Crippen LogP contribution in [-0.4, -0.2) is 44.8 Å². The molecule has 0 radical (unpaired) electrons. The van der Waals surface area contributed by atoms with Crippen LogP contribution in [0.1, 0.15) is 59.7 Å². The minimum atomic E-state index is -5.12. The summed E-state index contributed by atoms with van der Waals surface area (Å²) < 4.78 is 84.7. The molecule has 3 rings (SSSR count). The summed E-state index contributed by atoms with van der Waals surface area (Å²) in [6.45, 7) is 4.11. The summed E-state index contributed by atoms with van der Waals surface area (Å²) in [5.41, 5.74) is -5.54. The first-order valence-electron chi connectivity index (χ1n) is 10.5. The fourth-order valence-electron chi connectivity index (χ4n) is 3.33. The number of nitrogens with zero attached hydrogens (tertiary/aromatic N) is 4. The van der Waals surface area contributed by atoms with E-state index in [-0.39, 0.29) is 29.9 Å². The first-order valence-corrected chi connectivity index (χ1v) is 10.5. The number of hydrogen-bond donors (Lipinski definition) is 1. The van der Waals surface area contributed by atoms with E-state index in [4.69, 9.17) is 11.2 Å². The highest BCUT2D eigenvalue weighted by atomic mass is 19.4. The summed E-state index contributed by atoms with van der Waals surface area (Å²) in [5, 5.41) is 7.34. The first-order chi connectivity index (χ1) is 17.0. The Bertz CT molecular complexity index is 1260. The van der Waals surface area contributed by atoms with Gasteiger partial charge in [0.2, 0.25) is 0 Å². The van der Waals surface area contributed by atoms with Gasteiger partial charge >= 0.3 is 12.4 Å². The second kappa shape index (κ2) is 9.72. The number of hydrogen-bond acceptors (Lipinski definition) is 6. The van der Waals surface area contributed by atoms with Gasteiger partial charge in [-0.15, -0.1) is 11.5 Å². The van der Waals surface area contributed by atoms with Gasteiger partial charge < -0.3 is 10.1 Å². The van der Waals surface area contributed by atoms with Crippen LogP contribution < -0.4 is 5.32 Å². The fraction of sp³-hybridized carbons (Fsp3) is 0.348. The zero-order valence-electron chi connectivity index (χ0n) is 19.5. The summed E-state index contributed by atoms with van der Waals surface area (Å²) in [5.74, 6) is 0.339. The summed E-state index contributed by atoms with van der Waals surface area (Å²) >= 11 is 0. The quantitative estimate of drug-likeness (QED) is 0.470. The average Bonchev–Trinajstić information content (AvgIpc) is 2.80. The summed E-state index contributed by atoms with van der Waals surface area (Å²) in [7, 11) is 0. The molecule has 2 aromatic rings. The predicted octanol–water partition coefficient (Wildman–Crippen LogP) is 3.94. The van der Waals surface area contributed by atoms with Crippen molar-refractivity contribution in [2.24, 2.45) is 5.10 Å². The summed E-state index contributed by atoms with van der Waals surface area (Å²) in [6.07, 6.45) is -2.45. The molecule has 8 nitrogen and oxygen atoms in total. The molecule has 1 atom stereocenters. The van der Waals surface area contributed by atoms with Gasteiger partial charge in [0.1, 0.15) is 6.54 Å². The van der Waals surface area contributed by atoms with E-state index in [1.165, 1.54) is 33.2 Å². The van der Waals surface area contributed by atoms with Crippen LogP contribution in [-0.2, 0) is 21.9 Å². The molecule has 0 spiro atoms. The Labute approximate surface area is 206 Å². The Morgan fingerprint density at radius 3 is 2.22 bits per heavy atom. The minimum absolute atomic E-state index is 0.0171. The molecule has 2 amide bonds. The summed E-state index contributed by atoms with van der Waals surface area (Å²) in [6, 6.07) is -0.539. The van der Waals surface area contributed by atoms with Gasteiger partial charge in [0, 0.05) is 18.0 Å². The van der Waals surface area contributed by atoms with E-state index in [0.29, 0.717) is 12.1 Å². The van der Waals surface area contributed by atoms with E-state index in [2.05, 4.69) is 26.3 Å². The van der Waals surface area contributed by atoms with E-state index < -0.39 is 52.5 Å². The molecule has 0 saturated heterocycles. The maximum absolute atomic E-state index is 13.2. The molecule has 1 aliphatic rings. The average molecular weight is 527 g/mol. The van der Waals surface area contributed by atoms with Gasteiger partial charge in [0.25, 0.3) is 17.7 Å². The van der Waals surface area contributed by atoms with Crippen LogP contribution in [0.25, 0.3) is 0 Å². The molecule has 2 heterocycles. The van der Waals surface area contributed by atoms with Gasteiger partial charge in [-0.1, -0.05) is 5.92 Å². The molecule has 37 heavy (non-hydrogen) atoms. The van der Waals surface area contributed by atoms with E-state index in [0.717, 1.165) is 5.01 Å². The van der Waals surface area contributed by atoms with Gasteiger partial charge in [-0.2, -0.15) is 26.3 Å². The number of carbonyl (C=O) groups is 2. The molecule has 1 unspecified atom stereocenters. The Kier molecular flexibility index (Phi) is 7.21. The van der Waals surface area contributed by atoms with Crippen molar-refractivity contribution in [1.29, 1.82) is 0 Å². The maximum Gasteiger partial charge on any atom is 0.416 e. The minimum Gasteiger partial charge on any atom is -0.459 e. The van der Waals surface area contributed by atoms with E-state index >= 15 is 0 Å². The van der Waals surface area contributed by atoms with Crippen LogP contribution in [0.4, 0.5) is 26.3 Å². The van der Waals surface area contributed by atoms with Crippen molar-refractivity contribution in [2.75, 3.05) is 6.54 Å². The van der Waals surface area contributed by atoms with Crippen molar-refractivity contribution < 1.29 is 40.7 Å². The zero-order valence-corrected chi connectivity index (χ0v) is 19.5. The lowest BCUT2D eigenvalue weighted by Gasteiger charge is -2.34. The SMILES string of the molecule is C#CCN1N=C(c2nccnc2C(C)NC(=O)c2cc(C(F)(F)F)cc(C(F)(F)F)c2)OC(C)(C)C1=O. The van der Waals surface area contributed by atoms with Gasteiger partial charge in [0.15, 0.2) is 11.3 Å². The third-order valence-electron chi connectivity index (χ3n) is 5.09. The van der Waals surface area contributed by atoms with Crippen LogP contribution in [0.3, 0.4) is 0 Å². The van der Waals surface area contributed by atoms with Crippen molar-refractivity contribution in [3.8, 4) is 12.3 Å². The van der Waals surface area contributed by atoms with Crippen molar-refractivity contribution >= 4 is 17.7 Å². The van der Waals surface area contributed by atoms with Crippen LogP contribution >= 0.6 is 0 Å². The largest absolute Gasteiger partial charge is 0.459 e. The fourth-order valence-corrected chi connectivity index (χ4v) is 3.33. The highest BCUT2D eigenvalue weighted by Gasteiger charge is 2.41. The highest BCUT2D eigenvalue weighted by Crippen LogP contribution is 2.36. The topological polar surface area (TPSA) is 96.8 Å². The van der Waals surface area contributed by atoms with E-state index in [9.17, 15) is 35.9 Å². The number of amides is 2. The number of carbonyl (C=O) groups excluding carboxylic acids is 2. The van der Waals surface area contributed by atoms with Crippen molar-refractivity contribution in [2.45, 2.75) is 44.8 Å². The molecule has 0 fully saturated rings. The number of halogens is 6. The number of benzene rings is 1. The number of terminal acetylenes is 1. The third-order valence-corrected chi connectivity index (χ3v) is 5.09. The monoisotopic (exact) mass is 527 g/mol. The smallest absolute Gasteiger partial charge is 0.416 e. The van der Waals surface area contributed by atoms with Crippen molar-refractivity contribution in [3.05, 3.63) is 58.7 Å². The Hall–Kier alpha value is -4.15. The molecule has 14 heteroatoms. The number of aromatic nitrogens is 2. The number of alkyl halides is 6. The molecule has 0 bridgehead atoms. The van der Waals surface area contributed by atoms with Gasteiger partial charge in [-0.05, 0) is 39.0 Å². The lowest BCUT2D eigenvalue weighted by atomic mass is 10.0. The number of rotatable bonds is 5. The molecule has 1 aromatic heterocycles. The molecule has 1 N–H and O–H groups in total. The zero-order chi connectivity index (χ0) is 27.8. The van der Waals surface area contributed by atoms with Crippen molar-refractivity contribution in [3.63, 3.8) is 0 Å².